The van der Waals surface area contributed by atoms with Crippen molar-refractivity contribution < 1.29 is 18.7 Å². The molecular formula is C21H24BrFN2O3. The van der Waals surface area contributed by atoms with Gasteiger partial charge in [0.05, 0.1) is 0 Å². The Morgan fingerprint density at radius 3 is 2.46 bits per heavy atom. The van der Waals surface area contributed by atoms with Gasteiger partial charge in [-0.25, -0.2) is 4.39 Å². The van der Waals surface area contributed by atoms with Crippen molar-refractivity contribution in [3.8, 4) is 5.75 Å². The lowest BCUT2D eigenvalue weighted by atomic mass is 10.1. The Labute approximate surface area is 173 Å². The number of nitrogens with zero attached hydrogens (tertiary/aromatic N) is 1. The molecule has 1 N–H and O–H groups in total. The number of carbonyl (C=O) groups excluding carboxylic acids is 2. The highest BCUT2D eigenvalue weighted by atomic mass is 79.9. The van der Waals surface area contributed by atoms with Gasteiger partial charge in [-0.3, -0.25) is 9.59 Å². The van der Waals surface area contributed by atoms with Crippen molar-refractivity contribution in [3.63, 3.8) is 0 Å². The lowest BCUT2D eigenvalue weighted by molar-refractivity contribution is -0.142. The molecule has 1 unspecified atom stereocenters. The van der Waals surface area contributed by atoms with Crippen LogP contribution in [0.4, 0.5) is 4.39 Å². The molecule has 2 rings (SSSR count). The van der Waals surface area contributed by atoms with Gasteiger partial charge in [0, 0.05) is 18.1 Å². The lowest BCUT2D eigenvalue weighted by Gasteiger charge is -2.30. The molecule has 0 bridgehead atoms. The second kappa shape index (κ2) is 10.2. The average Bonchev–Trinajstić information content (AvgIpc) is 2.69. The first-order valence-electron chi connectivity index (χ1n) is 9.00. The molecule has 0 saturated heterocycles. The highest BCUT2D eigenvalue weighted by Crippen LogP contribution is 2.22. The molecule has 0 aliphatic heterocycles. The number of hydrogen-bond acceptors (Lipinski definition) is 3. The van der Waals surface area contributed by atoms with E-state index in [1.807, 2.05) is 26.0 Å². The summed E-state index contributed by atoms with van der Waals surface area (Å²) < 4.78 is 19.8. The zero-order valence-corrected chi connectivity index (χ0v) is 17.8. The summed E-state index contributed by atoms with van der Waals surface area (Å²) >= 11 is 3.43. The molecule has 0 heterocycles. The van der Waals surface area contributed by atoms with Gasteiger partial charge >= 0.3 is 0 Å². The Kier molecular flexibility index (Phi) is 7.99. The van der Waals surface area contributed by atoms with Gasteiger partial charge in [0.25, 0.3) is 5.91 Å². The van der Waals surface area contributed by atoms with Crippen molar-refractivity contribution in [2.24, 2.45) is 0 Å². The van der Waals surface area contributed by atoms with Crippen molar-refractivity contribution >= 4 is 27.7 Å². The third kappa shape index (κ3) is 5.79. The number of rotatable bonds is 8. The SMILES string of the molecule is CCC(C(=O)NC)N(Cc1ccc(F)cc1)C(=O)COc1ccc(Br)c(C)c1. The Morgan fingerprint density at radius 2 is 1.89 bits per heavy atom. The molecule has 0 radical (unpaired) electrons. The van der Waals surface area contributed by atoms with E-state index in [0.717, 1.165) is 15.6 Å². The second-order valence-corrected chi connectivity index (χ2v) is 7.24. The van der Waals surface area contributed by atoms with Gasteiger partial charge in [-0.05, 0) is 54.8 Å². The minimum Gasteiger partial charge on any atom is -0.484 e. The minimum absolute atomic E-state index is 0.188. The Hall–Kier alpha value is -2.41. The lowest BCUT2D eigenvalue weighted by Crippen LogP contribution is -2.49. The van der Waals surface area contributed by atoms with Crippen molar-refractivity contribution in [1.29, 1.82) is 0 Å². The summed E-state index contributed by atoms with van der Waals surface area (Å²) in [4.78, 5) is 26.6. The quantitative estimate of drug-likeness (QED) is 0.664. The summed E-state index contributed by atoms with van der Waals surface area (Å²) in [5.74, 6) is -0.351. The fourth-order valence-electron chi connectivity index (χ4n) is 2.81. The van der Waals surface area contributed by atoms with E-state index in [2.05, 4.69) is 21.2 Å². The van der Waals surface area contributed by atoms with E-state index >= 15 is 0 Å². The van der Waals surface area contributed by atoms with Gasteiger partial charge in [0.2, 0.25) is 5.91 Å². The maximum absolute atomic E-state index is 13.2. The van der Waals surface area contributed by atoms with Crippen LogP contribution in [0.25, 0.3) is 0 Å². The van der Waals surface area contributed by atoms with Crippen LogP contribution in [0.2, 0.25) is 0 Å². The Balaban J connectivity index is 2.18. The highest BCUT2D eigenvalue weighted by Gasteiger charge is 2.28. The Bertz CT molecular complexity index is 827. The molecule has 0 aliphatic rings. The summed E-state index contributed by atoms with van der Waals surface area (Å²) in [5, 5.41) is 2.59. The van der Waals surface area contributed by atoms with Crippen LogP contribution in [0.1, 0.15) is 24.5 Å². The zero-order valence-electron chi connectivity index (χ0n) is 16.2. The fraction of sp³-hybridized carbons (Fsp3) is 0.333. The first-order chi connectivity index (χ1) is 13.3. The number of hydrogen-bond donors (Lipinski definition) is 1. The standard InChI is InChI=1S/C21H24BrFN2O3/c1-4-19(21(27)24-3)25(12-15-5-7-16(23)8-6-15)20(26)13-28-17-9-10-18(22)14(2)11-17/h5-11,19H,4,12-13H2,1-3H3,(H,24,27). The number of ether oxygens (including phenoxy) is 1. The predicted molar refractivity (Wildman–Crippen MR) is 109 cm³/mol. The molecule has 2 amide bonds. The molecule has 0 aliphatic carbocycles. The third-order valence-electron chi connectivity index (χ3n) is 4.39. The molecule has 0 spiro atoms. The van der Waals surface area contributed by atoms with Gasteiger partial charge < -0.3 is 15.0 Å². The normalized spacial score (nSPS) is 11.6. The smallest absolute Gasteiger partial charge is 0.261 e. The molecule has 7 heteroatoms. The summed E-state index contributed by atoms with van der Waals surface area (Å²) in [5.41, 5.74) is 1.72. The summed E-state index contributed by atoms with van der Waals surface area (Å²) in [7, 11) is 1.53. The first-order valence-corrected chi connectivity index (χ1v) is 9.79. The van der Waals surface area contributed by atoms with Crippen LogP contribution in [-0.4, -0.2) is 36.4 Å². The fourth-order valence-corrected chi connectivity index (χ4v) is 3.05. The molecule has 1 atom stereocenters. The molecule has 2 aromatic carbocycles. The number of benzene rings is 2. The summed E-state index contributed by atoms with van der Waals surface area (Å²) in [6.45, 7) is 3.76. The van der Waals surface area contributed by atoms with Crippen LogP contribution in [0.3, 0.4) is 0 Å². The topological polar surface area (TPSA) is 58.6 Å². The van der Waals surface area contributed by atoms with Crippen LogP contribution in [0.15, 0.2) is 46.9 Å². The van der Waals surface area contributed by atoms with Crippen molar-refractivity contribution in [2.75, 3.05) is 13.7 Å². The number of nitrogens with one attached hydrogen (secondary N) is 1. The van der Waals surface area contributed by atoms with Gasteiger partial charge in [0.1, 0.15) is 17.6 Å². The third-order valence-corrected chi connectivity index (χ3v) is 5.28. The predicted octanol–water partition coefficient (Wildman–Crippen LogP) is 3.83. The van der Waals surface area contributed by atoms with Crippen LogP contribution >= 0.6 is 15.9 Å². The number of aryl methyl sites for hydroxylation is 1. The largest absolute Gasteiger partial charge is 0.484 e. The highest BCUT2D eigenvalue weighted by molar-refractivity contribution is 9.10. The molecule has 150 valence electrons. The minimum atomic E-state index is -0.641. The number of halogens is 2. The number of amides is 2. The molecule has 5 nitrogen and oxygen atoms in total. The van der Waals surface area contributed by atoms with Crippen LogP contribution in [0.5, 0.6) is 5.75 Å². The van der Waals surface area contributed by atoms with Gasteiger partial charge in [-0.2, -0.15) is 0 Å². The maximum atomic E-state index is 13.2. The first kappa shape index (κ1) is 21.9. The molecule has 2 aromatic rings. The maximum Gasteiger partial charge on any atom is 0.261 e. The monoisotopic (exact) mass is 450 g/mol. The van der Waals surface area contributed by atoms with E-state index < -0.39 is 6.04 Å². The van der Waals surface area contributed by atoms with E-state index in [0.29, 0.717) is 12.2 Å². The van der Waals surface area contributed by atoms with E-state index in [1.165, 1.54) is 24.1 Å². The van der Waals surface area contributed by atoms with Crippen molar-refractivity contribution in [3.05, 3.63) is 63.9 Å². The Morgan fingerprint density at radius 1 is 1.21 bits per heavy atom. The average molecular weight is 451 g/mol. The second-order valence-electron chi connectivity index (χ2n) is 6.39. The summed E-state index contributed by atoms with van der Waals surface area (Å²) in [6.07, 6.45) is 0.448. The van der Waals surface area contributed by atoms with Crippen molar-refractivity contribution in [1.82, 2.24) is 10.2 Å². The van der Waals surface area contributed by atoms with Gasteiger partial charge in [0.15, 0.2) is 6.61 Å². The van der Waals surface area contributed by atoms with E-state index in [1.54, 1.807) is 18.2 Å². The number of likely N-dealkylation sites (N-methyl/N-ethyl adjacent to an activating group) is 1. The van der Waals surface area contributed by atoms with E-state index in [4.69, 9.17) is 4.74 Å². The van der Waals surface area contributed by atoms with Crippen LogP contribution in [0, 0.1) is 12.7 Å². The van der Waals surface area contributed by atoms with Crippen molar-refractivity contribution in [2.45, 2.75) is 32.9 Å². The zero-order chi connectivity index (χ0) is 20.7. The molecule has 28 heavy (non-hydrogen) atoms. The molecule has 0 saturated carbocycles. The van der Waals surface area contributed by atoms with E-state index in [-0.39, 0.29) is 30.8 Å². The molecule has 0 aromatic heterocycles. The van der Waals surface area contributed by atoms with Gasteiger partial charge in [-0.15, -0.1) is 0 Å². The van der Waals surface area contributed by atoms with Crippen LogP contribution in [-0.2, 0) is 16.1 Å². The van der Waals surface area contributed by atoms with Gasteiger partial charge in [-0.1, -0.05) is 35.0 Å². The molecular weight excluding hydrogens is 427 g/mol. The molecule has 0 fully saturated rings. The summed E-state index contributed by atoms with van der Waals surface area (Å²) in [6, 6.07) is 10.7. The van der Waals surface area contributed by atoms with Crippen LogP contribution < -0.4 is 10.1 Å². The van der Waals surface area contributed by atoms with E-state index in [9.17, 15) is 14.0 Å². The number of carbonyl (C=O) groups is 2.